The fourth-order valence-corrected chi connectivity index (χ4v) is 3.85. The number of piperazine rings is 1. The van der Waals surface area contributed by atoms with Crippen molar-refractivity contribution in [1.82, 2.24) is 9.88 Å². The maximum Gasteiger partial charge on any atom is 0.269 e. The number of thioether (sulfide) groups is 1. The molecule has 1 aromatic heterocycles. The molecule has 0 bridgehead atoms. The van der Waals surface area contributed by atoms with Gasteiger partial charge in [-0.05, 0) is 31.2 Å². The van der Waals surface area contributed by atoms with Crippen LogP contribution in [0.3, 0.4) is 0 Å². The maximum atomic E-state index is 12.7. The fraction of sp³-hybridized carbons (Fsp3) is 0.333. The maximum absolute atomic E-state index is 12.7. The quantitative estimate of drug-likeness (QED) is 0.456. The zero-order chi connectivity index (χ0) is 18.5. The average Bonchev–Trinajstić information content (AvgIpc) is 2.68. The minimum atomic E-state index is -0.425. The van der Waals surface area contributed by atoms with Gasteiger partial charge in [-0.2, -0.15) is 0 Å². The van der Waals surface area contributed by atoms with E-state index in [0.717, 1.165) is 23.7 Å². The Morgan fingerprint density at radius 3 is 2.31 bits per heavy atom. The van der Waals surface area contributed by atoms with Crippen molar-refractivity contribution in [1.29, 1.82) is 0 Å². The van der Waals surface area contributed by atoms with Crippen LogP contribution in [0.2, 0.25) is 0 Å². The van der Waals surface area contributed by atoms with Gasteiger partial charge in [-0.1, -0.05) is 0 Å². The molecule has 2 heterocycles. The van der Waals surface area contributed by atoms with E-state index in [-0.39, 0.29) is 16.8 Å². The van der Waals surface area contributed by atoms with Crippen molar-refractivity contribution in [2.24, 2.45) is 0 Å². The first-order valence-electron chi connectivity index (χ1n) is 8.39. The van der Waals surface area contributed by atoms with Crippen LogP contribution in [-0.2, 0) is 4.79 Å². The second kappa shape index (κ2) is 8.18. The van der Waals surface area contributed by atoms with Crippen LogP contribution in [0.1, 0.15) is 6.92 Å². The molecule has 1 saturated heterocycles. The first kappa shape index (κ1) is 18.2. The highest BCUT2D eigenvalue weighted by molar-refractivity contribution is 8.00. The molecule has 7 nitrogen and oxygen atoms in total. The van der Waals surface area contributed by atoms with Gasteiger partial charge >= 0.3 is 0 Å². The van der Waals surface area contributed by atoms with E-state index in [9.17, 15) is 14.9 Å². The number of amides is 1. The minimum Gasteiger partial charge on any atom is -0.368 e. The topological polar surface area (TPSA) is 79.6 Å². The molecular formula is C18H20N4O3S. The van der Waals surface area contributed by atoms with Gasteiger partial charge in [0.05, 0.1) is 10.2 Å². The predicted molar refractivity (Wildman–Crippen MR) is 101 cm³/mol. The normalized spacial score (nSPS) is 15.6. The summed E-state index contributed by atoms with van der Waals surface area (Å²) in [5, 5.41) is 10.5. The van der Waals surface area contributed by atoms with E-state index in [1.165, 1.54) is 23.9 Å². The molecule has 0 saturated carbocycles. The Labute approximate surface area is 156 Å². The van der Waals surface area contributed by atoms with Gasteiger partial charge in [0.25, 0.3) is 5.69 Å². The summed E-state index contributed by atoms with van der Waals surface area (Å²) in [4.78, 5) is 32.0. The van der Waals surface area contributed by atoms with Crippen LogP contribution in [0.25, 0.3) is 0 Å². The first-order valence-corrected chi connectivity index (χ1v) is 9.27. The molecule has 1 aliphatic heterocycles. The number of aromatic nitrogens is 1. The Kier molecular flexibility index (Phi) is 5.72. The molecule has 2 aromatic rings. The minimum absolute atomic E-state index is 0.0561. The van der Waals surface area contributed by atoms with Gasteiger partial charge in [0.1, 0.15) is 0 Å². The molecule has 1 aliphatic rings. The van der Waals surface area contributed by atoms with Crippen molar-refractivity contribution >= 4 is 29.0 Å². The van der Waals surface area contributed by atoms with Crippen molar-refractivity contribution in [2.75, 3.05) is 31.1 Å². The monoisotopic (exact) mass is 372 g/mol. The number of anilines is 1. The zero-order valence-electron chi connectivity index (χ0n) is 14.4. The Bertz CT molecular complexity index is 762. The molecular weight excluding hydrogens is 352 g/mol. The Hall–Kier alpha value is -2.61. The molecule has 0 radical (unpaired) electrons. The third-order valence-electron chi connectivity index (χ3n) is 4.33. The first-order chi connectivity index (χ1) is 12.5. The number of benzene rings is 1. The summed E-state index contributed by atoms with van der Waals surface area (Å²) in [6.07, 6.45) is 3.55. The fourth-order valence-electron chi connectivity index (χ4n) is 2.90. The molecule has 0 unspecified atom stereocenters. The van der Waals surface area contributed by atoms with E-state index < -0.39 is 4.92 Å². The van der Waals surface area contributed by atoms with E-state index in [1.807, 2.05) is 24.0 Å². The SMILES string of the molecule is C[C@H](Sc1ccc([N+](=O)[O-])cc1)C(=O)N1CCN(c2ccncc2)CC1. The molecule has 1 fully saturated rings. The van der Waals surface area contributed by atoms with E-state index in [2.05, 4.69) is 9.88 Å². The largest absolute Gasteiger partial charge is 0.368 e. The molecule has 0 N–H and O–H groups in total. The third-order valence-corrected chi connectivity index (χ3v) is 5.43. The Morgan fingerprint density at radius 1 is 1.12 bits per heavy atom. The smallest absolute Gasteiger partial charge is 0.269 e. The number of rotatable bonds is 5. The zero-order valence-corrected chi connectivity index (χ0v) is 15.3. The van der Waals surface area contributed by atoms with E-state index in [4.69, 9.17) is 0 Å². The molecule has 3 rings (SSSR count). The summed E-state index contributed by atoms with van der Waals surface area (Å²) in [6.45, 7) is 4.84. The Morgan fingerprint density at radius 2 is 1.73 bits per heavy atom. The number of carbonyl (C=O) groups excluding carboxylic acids is 1. The highest BCUT2D eigenvalue weighted by Crippen LogP contribution is 2.27. The third kappa shape index (κ3) is 4.32. The summed E-state index contributed by atoms with van der Waals surface area (Å²) in [5.41, 5.74) is 1.18. The number of nitrogens with zero attached hydrogens (tertiary/aromatic N) is 4. The molecule has 8 heteroatoms. The lowest BCUT2D eigenvalue weighted by Crippen LogP contribution is -2.50. The van der Waals surface area contributed by atoms with Gasteiger partial charge in [0.2, 0.25) is 5.91 Å². The van der Waals surface area contributed by atoms with Crippen molar-refractivity contribution < 1.29 is 9.72 Å². The highest BCUT2D eigenvalue weighted by Gasteiger charge is 2.25. The van der Waals surface area contributed by atoms with Gasteiger partial charge in [-0.3, -0.25) is 19.9 Å². The number of pyridine rings is 1. The number of hydrogen-bond donors (Lipinski definition) is 0. The lowest BCUT2D eigenvalue weighted by molar-refractivity contribution is -0.384. The number of nitro groups is 1. The molecule has 136 valence electrons. The molecule has 0 spiro atoms. The van der Waals surface area contributed by atoms with Crippen LogP contribution in [0.5, 0.6) is 0 Å². The summed E-state index contributed by atoms with van der Waals surface area (Å²) in [6, 6.07) is 10.3. The summed E-state index contributed by atoms with van der Waals surface area (Å²) >= 11 is 1.43. The van der Waals surface area contributed by atoms with Crippen molar-refractivity contribution in [3.8, 4) is 0 Å². The second-order valence-corrected chi connectivity index (χ2v) is 7.44. The highest BCUT2D eigenvalue weighted by atomic mass is 32.2. The van der Waals surface area contributed by atoms with Gasteiger partial charge in [0.15, 0.2) is 0 Å². The van der Waals surface area contributed by atoms with Crippen molar-refractivity contribution in [3.05, 3.63) is 58.9 Å². The lowest BCUT2D eigenvalue weighted by Gasteiger charge is -2.37. The lowest BCUT2D eigenvalue weighted by atomic mass is 10.2. The van der Waals surface area contributed by atoms with Crippen molar-refractivity contribution in [3.63, 3.8) is 0 Å². The van der Waals surface area contributed by atoms with E-state index in [1.54, 1.807) is 24.5 Å². The molecule has 1 amide bonds. The van der Waals surface area contributed by atoms with Crippen LogP contribution in [0.4, 0.5) is 11.4 Å². The van der Waals surface area contributed by atoms with Crippen LogP contribution in [-0.4, -0.2) is 52.1 Å². The average molecular weight is 372 g/mol. The van der Waals surface area contributed by atoms with Gasteiger partial charge < -0.3 is 9.80 Å². The summed E-state index contributed by atoms with van der Waals surface area (Å²) in [5.74, 6) is 0.0998. The molecule has 1 aromatic carbocycles. The standard InChI is InChI=1S/C18H20N4O3S/c1-14(26-17-4-2-16(3-5-17)22(24)25)18(23)21-12-10-20(11-13-21)15-6-8-19-9-7-15/h2-9,14H,10-13H2,1H3/t14-/m0/s1. The number of non-ortho nitro benzene ring substituents is 1. The van der Waals surface area contributed by atoms with E-state index in [0.29, 0.717) is 13.1 Å². The van der Waals surface area contributed by atoms with Gasteiger partial charge in [-0.25, -0.2) is 0 Å². The number of hydrogen-bond acceptors (Lipinski definition) is 6. The molecule has 0 aliphatic carbocycles. The summed E-state index contributed by atoms with van der Waals surface area (Å²) in [7, 11) is 0. The van der Waals surface area contributed by atoms with Gasteiger partial charge in [0, 0.05) is 61.3 Å². The van der Waals surface area contributed by atoms with Crippen molar-refractivity contribution in [2.45, 2.75) is 17.1 Å². The predicted octanol–water partition coefficient (Wildman–Crippen LogP) is 2.82. The van der Waals surface area contributed by atoms with E-state index >= 15 is 0 Å². The van der Waals surface area contributed by atoms with Crippen LogP contribution in [0, 0.1) is 10.1 Å². The van der Waals surface area contributed by atoms with Crippen LogP contribution in [0.15, 0.2) is 53.7 Å². The summed E-state index contributed by atoms with van der Waals surface area (Å²) < 4.78 is 0. The van der Waals surface area contributed by atoms with Crippen LogP contribution < -0.4 is 4.90 Å². The van der Waals surface area contributed by atoms with Gasteiger partial charge in [-0.15, -0.1) is 11.8 Å². The second-order valence-electron chi connectivity index (χ2n) is 6.03. The number of carbonyl (C=O) groups is 1. The number of nitro benzene ring substituents is 1. The van der Waals surface area contributed by atoms with Crippen LogP contribution >= 0.6 is 11.8 Å². The Balaban J connectivity index is 1.53. The molecule has 1 atom stereocenters. The molecule has 26 heavy (non-hydrogen) atoms.